The van der Waals surface area contributed by atoms with Crippen molar-refractivity contribution < 1.29 is 60.7 Å². The zero-order valence-corrected chi connectivity index (χ0v) is 42.8. The predicted octanol–water partition coefficient (Wildman–Crippen LogP) is 5.44. The minimum absolute atomic E-state index is 0.0315. The number of carboxylic acids is 2. The molecule has 0 amide bonds. The van der Waals surface area contributed by atoms with Crippen LogP contribution in [0, 0.1) is 23.7 Å². The molecule has 0 spiro atoms. The number of aliphatic hydroxyl groups is 7. The van der Waals surface area contributed by atoms with E-state index in [-0.39, 0.29) is 76.0 Å². The van der Waals surface area contributed by atoms with E-state index in [1.807, 2.05) is 56.3 Å². The number of unbranched alkanes of at least 4 members (excludes halogenated alkanes) is 1. The molecule has 12 atom stereocenters. The first-order valence-electron chi connectivity index (χ1n) is 26.4. The van der Waals surface area contributed by atoms with Crippen LogP contribution in [0.25, 0.3) is 0 Å². The minimum Gasteiger partial charge on any atom is -0.508 e. The van der Waals surface area contributed by atoms with Crippen molar-refractivity contribution in [2.75, 3.05) is 6.61 Å². The number of phenolic OH excluding ortho intramolecular Hbond substituents is 1. The summed E-state index contributed by atoms with van der Waals surface area (Å²) in [6.07, 6.45) is 1.40. The van der Waals surface area contributed by atoms with E-state index >= 15 is 0 Å². The van der Waals surface area contributed by atoms with Gasteiger partial charge in [0.1, 0.15) is 5.75 Å². The molecular formula is C59H80N2O12. The first kappa shape index (κ1) is 57.4. The molecule has 398 valence electrons. The van der Waals surface area contributed by atoms with E-state index in [0.29, 0.717) is 66.4 Å². The van der Waals surface area contributed by atoms with Gasteiger partial charge in [0, 0.05) is 43.0 Å². The van der Waals surface area contributed by atoms with Gasteiger partial charge in [0.25, 0.3) is 0 Å². The van der Waals surface area contributed by atoms with E-state index in [1.165, 1.54) is 0 Å². The molecule has 7 rings (SSSR count). The number of carbonyl (C=O) groups is 2. The van der Waals surface area contributed by atoms with Crippen molar-refractivity contribution in [3.8, 4) is 17.6 Å². The second kappa shape index (κ2) is 26.5. The molecule has 12 N–H and O–H groups in total. The van der Waals surface area contributed by atoms with Gasteiger partial charge in [0.2, 0.25) is 0 Å². The Morgan fingerprint density at radius 2 is 1.68 bits per heavy atom. The van der Waals surface area contributed by atoms with Crippen LogP contribution in [0.4, 0.5) is 0 Å². The summed E-state index contributed by atoms with van der Waals surface area (Å²) in [7, 11) is 0. The van der Waals surface area contributed by atoms with E-state index in [1.54, 1.807) is 43.3 Å². The fraction of sp³-hybridized carbons (Fsp3) is 0.559. The van der Waals surface area contributed by atoms with Crippen molar-refractivity contribution >= 4 is 11.9 Å². The Kier molecular flexibility index (Phi) is 20.8. The number of phenols is 1. The molecule has 0 radical (unpaired) electrons. The summed E-state index contributed by atoms with van der Waals surface area (Å²) in [6.45, 7) is 5.10. The number of hydrogen-bond acceptors (Lipinski definition) is 12. The molecule has 12 unspecified atom stereocenters. The highest BCUT2D eigenvalue weighted by Crippen LogP contribution is 2.40. The third kappa shape index (κ3) is 15.6. The van der Waals surface area contributed by atoms with Crippen molar-refractivity contribution in [3.05, 3.63) is 123 Å². The number of fused-ring (bicyclic) bond motifs is 6. The van der Waals surface area contributed by atoms with Crippen molar-refractivity contribution in [2.45, 2.75) is 190 Å². The number of allylic oxidation sites excluding steroid dienone is 2. The van der Waals surface area contributed by atoms with Gasteiger partial charge in [-0.15, -0.1) is 0 Å². The molecule has 3 aromatic rings. The summed E-state index contributed by atoms with van der Waals surface area (Å²) in [5.74, 6) is 3.57. The Hall–Kier alpha value is -4.92. The Morgan fingerprint density at radius 3 is 2.40 bits per heavy atom. The number of aliphatic hydroxyl groups excluding tert-OH is 6. The lowest BCUT2D eigenvalue weighted by Crippen LogP contribution is -2.66. The summed E-state index contributed by atoms with van der Waals surface area (Å²) in [4.78, 5) is 25.0. The summed E-state index contributed by atoms with van der Waals surface area (Å²) < 4.78 is 0. The van der Waals surface area contributed by atoms with E-state index in [0.717, 1.165) is 23.1 Å². The van der Waals surface area contributed by atoms with Gasteiger partial charge in [-0.05, 0) is 153 Å². The van der Waals surface area contributed by atoms with E-state index in [4.69, 9.17) is 0 Å². The fourth-order valence-electron chi connectivity index (χ4n) is 11.6. The number of hydrogen-bond donors (Lipinski definition) is 12. The first-order chi connectivity index (χ1) is 34.8. The summed E-state index contributed by atoms with van der Waals surface area (Å²) in [5.41, 5.74) is 2.67. The van der Waals surface area contributed by atoms with Crippen molar-refractivity contribution in [1.29, 1.82) is 0 Å². The van der Waals surface area contributed by atoms with Crippen LogP contribution >= 0.6 is 0 Å². The monoisotopic (exact) mass is 1010 g/mol. The van der Waals surface area contributed by atoms with Gasteiger partial charge in [-0.1, -0.05) is 92.3 Å². The van der Waals surface area contributed by atoms with Gasteiger partial charge in [0.15, 0.2) is 0 Å². The largest absolute Gasteiger partial charge is 0.508 e. The Balaban J connectivity index is 1.69. The molecule has 4 aliphatic rings. The van der Waals surface area contributed by atoms with Crippen molar-refractivity contribution in [1.82, 2.24) is 10.6 Å². The number of nitrogens with one attached hydrogen (secondary N) is 2. The molecule has 3 aromatic carbocycles. The van der Waals surface area contributed by atoms with Crippen molar-refractivity contribution in [3.63, 3.8) is 0 Å². The Bertz CT molecular complexity index is 2420. The molecule has 0 saturated carbocycles. The maximum atomic E-state index is 13.5. The number of carboxylic acid groups (broad SMARTS) is 2. The number of aromatic hydroxyl groups is 1. The van der Waals surface area contributed by atoms with Crippen LogP contribution in [0.3, 0.4) is 0 Å². The third-order valence-electron chi connectivity index (χ3n) is 15.8. The van der Waals surface area contributed by atoms with Crippen LogP contribution in [0.1, 0.15) is 131 Å². The zero-order chi connectivity index (χ0) is 52.9. The molecule has 0 aliphatic carbocycles. The normalized spacial score (nSPS) is 27.2. The molecule has 14 nitrogen and oxygen atoms in total. The Labute approximate surface area is 430 Å². The van der Waals surface area contributed by atoms with Gasteiger partial charge in [-0.3, -0.25) is 9.59 Å². The highest BCUT2D eigenvalue weighted by molar-refractivity contribution is 5.67. The SMILES string of the molecule is CCCCC(O)C(O)C=CC1=C(CC(O)CO)C2CCC(O)C3NC(C)CCC(C(O)Cc4ccc(cc4CCC(=O)O)CC(C(C)(O)Cc4ccc(O)cc4)(CC#Cc4ccccc4CC1)N2)C3CC(=O)O. The van der Waals surface area contributed by atoms with Crippen LogP contribution in [-0.2, 0) is 41.7 Å². The maximum absolute atomic E-state index is 13.5. The molecule has 4 heterocycles. The Morgan fingerprint density at radius 1 is 0.932 bits per heavy atom. The lowest BCUT2D eigenvalue weighted by atomic mass is 9.69. The second-order valence-corrected chi connectivity index (χ2v) is 21.4. The molecular weight excluding hydrogens is 929 g/mol. The van der Waals surface area contributed by atoms with Gasteiger partial charge in [-0.25, -0.2) is 0 Å². The first-order valence-corrected chi connectivity index (χ1v) is 26.4. The predicted molar refractivity (Wildman–Crippen MR) is 280 cm³/mol. The number of rotatable bonds is 17. The maximum Gasteiger partial charge on any atom is 0.303 e. The van der Waals surface area contributed by atoms with Gasteiger partial charge < -0.3 is 61.7 Å². The lowest BCUT2D eigenvalue weighted by Gasteiger charge is -2.49. The fourth-order valence-corrected chi connectivity index (χ4v) is 11.6. The molecule has 6 bridgehead atoms. The second-order valence-electron chi connectivity index (χ2n) is 21.4. The average Bonchev–Trinajstić information content (AvgIpc) is 3.51. The molecule has 14 heteroatoms. The standard InChI is InChI=1S/C59H80N2O12/c1-4-5-12-51(65)52(66)26-20-42-19-18-41-10-7-6-9-40(41)11-8-29-59(58(3,73)34-38-15-22-45(63)23-16-38)35-39-14-17-44(43(30-39)21-28-55(69)70)31-54(68)47-24-13-37(2)60-57(49(47)33-56(71)72)53(67)27-25-50(61-59)48(42)32-46(64)36-62/h6-7,9-10,14-17,20,22-23,26,30,37,46-47,49-54,57,60-68,73H,4-5,12-13,18-19,21,24-25,27-29,31-36H2,1-3H3,(H,69,70)(H,71,72). The van der Waals surface area contributed by atoms with Crippen LogP contribution in [-0.4, -0.2) is 129 Å². The van der Waals surface area contributed by atoms with Gasteiger partial charge in [-0.2, -0.15) is 0 Å². The number of aliphatic carboxylic acids is 2. The summed E-state index contributed by atoms with van der Waals surface area (Å²) >= 11 is 0. The van der Waals surface area contributed by atoms with E-state index < -0.39 is 84.1 Å². The van der Waals surface area contributed by atoms with Crippen LogP contribution in [0.2, 0.25) is 0 Å². The minimum atomic E-state index is -1.70. The van der Waals surface area contributed by atoms with Crippen LogP contribution in [0.5, 0.6) is 5.75 Å². The molecule has 73 heavy (non-hydrogen) atoms. The van der Waals surface area contributed by atoms with Crippen LogP contribution in [0.15, 0.2) is 90.0 Å². The highest BCUT2D eigenvalue weighted by atomic mass is 16.4. The van der Waals surface area contributed by atoms with Crippen LogP contribution < -0.4 is 10.6 Å². The van der Waals surface area contributed by atoms with Gasteiger partial charge in [0.05, 0.1) is 54.7 Å². The topological polar surface area (TPSA) is 260 Å². The number of aryl methyl sites for hydroxylation is 2. The highest BCUT2D eigenvalue weighted by Gasteiger charge is 2.49. The molecule has 1 saturated heterocycles. The zero-order valence-electron chi connectivity index (χ0n) is 42.8. The smallest absolute Gasteiger partial charge is 0.303 e. The van der Waals surface area contributed by atoms with E-state index in [2.05, 4.69) is 22.5 Å². The molecule has 1 fully saturated rings. The lowest BCUT2D eigenvalue weighted by molar-refractivity contribution is -0.140. The summed E-state index contributed by atoms with van der Waals surface area (Å²) in [6, 6.07) is 18.3. The number of benzene rings is 3. The molecule has 0 aromatic heterocycles. The quantitative estimate of drug-likeness (QED) is 0.0752. The van der Waals surface area contributed by atoms with Crippen molar-refractivity contribution in [2.24, 2.45) is 11.8 Å². The average molecular weight is 1010 g/mol. The molecule has 4 aliphatic heterocycles. The van der Waals surface area contributed by atoms with E-state index in [9.17, 15) is 60.7 Å². The van der Waals surface area contributed by atoms with Gasteiger partial charge >= 0.3 is 11.9 Å². The summed E-state index contributed by atoms with van der Waals surface area (Å²) in [5, 5.41) is 121. The third-order valence-corrected chi connectivity index (χ3v) is 15.8.